The van der Waals surface area contributed by atoms with Crippen molar-refractivity contribution in [3.05, 3.63) is 35.4 Å². The molecule has 1 rings (SSSR count). The maximum Gasteiger partial charge on any atom is 0.466 e. The Hall–Kier alpha value is -0.360. The number of unbranched alkanes of at least 4 members (excludes halogenated alkanes) is 4. The molecule has 7 nitrogen and oxygen atoms in total. The third-order valence-electron chi connectivity index (χ3n) is 4.57. The maximum atomic E-state index is 8.88. The van der Waals surface area contributed by atoms with E-state index in [0.29, 0.717) is 0 Å². The fourth-order valence-electron chi connectivity index (χ4n) is 3.13. The minimum Gasteiger partial charge on any atom is -0.328 e. The van der Waals surface area contributed by atoms with Crippen molar-refractivity contribution >= 4 is 16.4 Å². The maximum absolute atomic E-state index is 8.88. The average molecular weight is 483 g/mol. The SMILES string of the molecule is CC(C)CCCCCc1ccccc1CCCCCC(C)C.O=P(O)(O)O.OP(O)O. The molecule has 0 atom stereocenters. The van der Waals surface area contributed by atoms with Crippen molar-refractivity contribution in [3.8, 4) is 0 Å². The molecule has 31 heavy (non-hydrogen) atoms. The van der Waals surface area contributed by atoms with Gasteiger partial charge in [0.05, 0.1) is 0 Å². The van der Waals surface area contributed by atoms with Gasteiger partial charge in [-0.15, -0.1) is 0 Å². The van der Waals surface area contributed by atoms with Crippen LogP contribution in [0.5, 0.6) is 0 Å². The van der Waals surface area contributed by atoms with Crippen molar-refractivity contribution in [2.75, 3.05) is 0 Å². The van der Waals surface area contributed by atoms with Gasteiger partial charge in [-0.05, 0) is 48.6 Å². The largest absolute Gasteiger partial charge is 0.466 e. The Morgan fingerprint density at radius 3 is 1.26 bits per heavy atom. The van der Waals surface area contributed by atoms with E-state index in [0.717, 1.165) is 11.8 Å². The lowest BCUT2D eigenvalue weighted by molar-refractivity contribution is 0.275. The minimum atomic E-state index is -4.64. The van der Waals surface area contributed by atoms with Gasteiger partial charge in [-0.25, -0.2) is 4.57 Å². The quantitative estimate of drug-likeness (QED) is 0.172. The molecule has 0 aromatic heterocycles. The normalized spacial score (nSPS) is 11.3. The molecule has 0 fully saturated rings. The molecule has 0 amide bonds. The number of aryl methyl sites for hydroxylation is 2. The van der Waals surface area contributed by atoms with Gasteiger partial charge >= 0.3 is 16.4 Å². The van der Waals surface area contributed by atoms with E-state index in [9.17, 15) is 0 Å². The molecular formula is C22H44O7P2. The lowest BCUT2D eigenvalue weighted by Gasteiger charge is -2.10. The van der Waals surface area contributed by atoms with Crippen LogP contribution in [0.1, 0.15) is 90.2 Å². The minimum absolute atomic E-state index is 0.859. The Morgan fingerprint density at radius 2 is 1.00 bits per heavy atom. The number of benzene rings is 1. The molecule has 0 aliphatic heterocycles. The standard InChI is InChI=1S/C22H38.H3O4P.H3O3P/c1-19(2)13-7-5-9-15-21-17-11-12-18-22(21)16-10-6-8-14-20(3)4;1-5(2,3)4;1-4(2)3/h11-12,17-20H,5-10,13-16H2,1-4H3;(H3,1,2,3,4);1-3H. The number of rotatable bonds is 12. The van der Waals surface area contributed by atoms with Crippen LogP contribution in [0.15, 0.2) is 24.3 Å². The zero-order valence-corrected chi connectivity index (χ0v) is 21.3. The monoisotopic (exact) mass is 482 g/mol. The Labute approximate surface area is 189 Å². The first-order valence-corrected chi connectivity index (χ1v) is 13.8. The Bertz CT molecular complexity index is 527. The zero-order chi connectivity index (χ0) is 24.3. The first-order chi connectivity index (χ1) is 14.3. The van der Waals surface area contributed by atoms with Gasteiger partial charge in [0.25, 0.3) is 0 Å². The molecule has 0 heterocycles. The van der Waals surface area contributed by atoms with Crippen LogP contribution in [-0.2, 0) is 17.4 Å². The van der Waals surface area contributed by atoms with Gasteiger partial charge in [0, 0.05) is 0 Å². The highest BCUT2D eigenvalue weighted by Gasteiger charge is 2.03. The van der Waals surface area contributed by atoms with E-state index < -0.39 is 16.4 Å². The number of hydrogen-bond donors (Lipinski definition) is 6. The van der Waals surface area contributed by atoms with Crippen LogP contribution < -0.4 is 0 Å². The molecule has 1 aromatic carbocycles. The van der Waals surface area contributed by atoms with Crippen molar-refractivity contribution in [3.63, 3.8) is 0 Å². The molecule has 0 unspecified atom stereocenters. The Morgan fingerprint density at radius 1 is 0.710 bits per heavy atom. The van der Waals surface area contributed by atoms with E-state index in [4.69, 9.17) is 33.9 Å². The predicted molar refractivity (Wildman–Crippen MR) is 128 cm³/mol. The van der Waals surface area contributed by atoms with E-state index in [1.807, 2.05) is 0 Å². The molecular weight excluding hydrogens is 438 g/mol. The second kappa shape index (κ2) is 20.3. The summed E-state index contributed by atoms with van der Waals surface area (Å²) >= 11 is 0. The van der Waals surface area contributed by atoms with Crippen LogP contribution in [0.4, 0.5) is 0 Å². The highest BCUT2D eigenvalue weighted by Crippen LogP contribution is 2.25. The summed E-state index contributed by atoms with van der Waals surface area (Å²) in [6, 6.07) is 9.13. The lowest BCUT2D eigenvalue weighted by atomic mass is 9.95. The van der Waals surface area contributed by atoms with Crippen molar-refractivity contribution in [1.82, 2.24) is 0 Å². The summed E-state index contributed by atoms with van der Waals surface area (Å²) < 4.78 is 8.88. The molecule has 184 valence electrons. The second-order valence-electron chi connectivity index (χ2n) is 8.54. The second-order valence-corrected chi connectivity index (χ2v) is 10.1. The first kappa shape index (κ1) is 32.8. The molecule has 0 bridgehead atoms. The van der Waals surface area contributed by atoms with Crippen molar-refractivity contribution < 1.29 is 33.9 Å². The Balaban J connectivity index is 0. The van der Waals surface area contributed by atoms with Crippen LogP contribution in [0.3, 0.4) is 0 Å². The molecule has 0 spiro atoms. The molecule has 0 aliphatic carbocycles. The highest BCUT2D eigenvalue weighted by molar-refractivity contribution is 7.45. The van der Waals surface area contributed by atoms with Crippen molar-refractivity contribution in [1.29, 1.82) is 0 Å². The van der Waals surface area contributed by atoms with Gasteiger partial charge in [-0.2, -0.15) is 0 Å². The lowest BCUT2D eigenvalue weighted by Crippen LogP contribution is -1.96. The summed E-state index contributed by atoms with van der Waals surface area (Å²) in [5.41, 5.74) is 3.21. The van der Waals surface area contributed by atoms with E-state index in [-0.39, 0.29) is 0 Å². The molecule has 1 aromatic rings. The number of phosphoric acid groups is 1. The first-order valence-electron chi connectivity index (χ1n) is 11.0. The summed E-state index contributed by atoms with van der Waals surface area (Å²) in [4.78, 5) is 43.3. The van der Waals surface area contributed by atoms with Crippen LogP contribution >= 0.6 is 16.4 Å². The van der Waals surface area contributed by atoms with Gasteiger partial charge in [0.1, 0.15) is 0 Å². The summed E-state index contributed by atoms with van der Waals surface area (Å²) in [5.74, 6) is 1.72. The summed E-state index contributed by atoms with van der Waals surface area (Å²) in [5, 5.41) is 0. The van der Waals surface area contributed by atoms with Crippen molar-refractivity contribution in [2.45, 2.75) is 91.9 Å². The van der Waals surface area contributed by atoms with E-state index in [1.54, 1.807) is 11.1 Å². The number of hydrogen-bond acceptors (Lipinski definition) is 4. The molecule has 0 saturated heterocycles. The third-order valence-corrected chi connectivity index (χ3v) is 4.57. The summed E-state index contributed by atoms with van der Waals surface area (Å²) in [7, 11) is -7.26. The predicted octanol–water partition coefficient (Wildman–Crippen LogP) is 5.47. The van der Waals surface area contributed by atoms with E-state index >= 15 is 0 Å². The van der Waals surface area contributed by atoms with Gasteiger partial charge < -0.3 is 29.4 Å². The third kappa shape index (κ3) is 31.9. The smallest absolute Gasteiger partial charge is 0.328 e. The van der Waals surface area contributed by atoms with Gasteiger partial charge in [-0.1, -0.05) is 90.5 Å². The van der Waals surface area contributed by atoms with Crippen LogP contribution in [0.25, 0.3) is 0 Å². The Kier molecular flexibility index (Phi) is 21.4. The summed E-state index contributed by atoms with van der Waals surface area (Å²) in [6.45, 7) is 9.31. The van der Waals surface area contributed by atoms with Crippen LogP contribution in [0, 0.1) is 11.8 Å². The molecule has 0 radical (unpaired) electrons. The van der Waals surface area contributed by atoms with Crippen LogP contribution in [0.2, 0.25) is 0 Å². The fraction of sp³-hybridized carbons (Fsp3) is 0.727. The van der Waals surface area contributed by atoms with Gasteiger partial charge in [0.2, 0.25) is 0 Å². The molecule has 9 heteroatoms. The average Bonchev–Trinajstić information content (AvgIpc) is 2.60. The van der Waals surface area contributed by atoms with Crippen LogP contribution in [-0.4, -0.2) is 29.4 Å². The van der Waals surface area contributed by atoms with Gasteiger partial charge in [0.15, 0.2) is 0 Å². The fourth-order valence-corrected chi connectivity index (χ4v) is 3.13. The molecule has 6 N–H and O–H groups in total. The topological polar surface area (TPSA) is 138 Å². The molecule has 0 saturated carbocycles. The zero-order valence-electron chi connectivity index (χ0n) is 19.5. The van der Waals surface area contributed by atoms with E-state index in [2.05, 4.69) is 52.0 Å². The highest BCUT2D eigenvalue weighted by atomic mass is 31.2. The molecule has 0 aliphatic rings. The van der Waals surface area contributed by atoms with Crippen molar-refractivity contribution in [2.24, 2.45) is 11.8 Å². The van der Waals surface area contributed by atoms with E-state index in [1.165, 1.54) is 64.2 Å². The van der Waals surface area contributed by atoms with Gasteiger partial charge in [-0.3, -0.25) is 0 Å². The summed E-state index contributed by atoms with van der Waals surface area (Å²) in [6.07, 6.45) is 13.6.